The summed E-state index contributed by atoms with van der Waals surface area (Å²) in [5.41, 5.74) is 11.7. The van der Waals surface area contributed by atoms with Gasteiger partial charge in [-0.05, 0) is 67.3 Å². The fourth-order valence-corrected chi connectivity index (χ4v) is 3.40. The average molecular weight is 417 g/mol. The zero-order valence-corrected chi connectivity index (χ0v) is 17.5. The van der Waals surface area contributed by atoms with E-state index in [-0.39, 0.29) is 0 Å². The summed E-state index contributed by atoms with van der Waals surface area (Å²) in [7, 11) is 0. The second-order valence-electron chi connectivity index (χ2n) is 7.00. The summed E-state index contributed by atoms with van der Waals surface area (Å²) in [6.45, 7) is 3.94. The van der Waals surface area contributed by atoms with Crippen molar-refractivity contribution in [3.8, 4) is 23.6 Å². The summed E-state index contributed by atoms with van der Waals surface area (Å²) < 4.78 is 6.16. The summed E-state index contributed by atoms with van der Waals surface area (Å²) in [5.74, 6) is 1.21. The monoisotopic (exact) mass is 416 g/mol. The number of nitrogens with zero attached hydrogens (tertiary/aromatic N) is 2. The number of aryl methyl sites for hydroxylation is 3. The van der Waals surface area contributed by atoms with Crippen molar-refractivity contribution in [3.05, 3.63) is 75.8 Å². The van der Waals surface area contributed by atoms with Gasteiger partial charge in [0.15, 0.2) is 0 Å². The van der Waals surface area contributed by atoms with E-state index < -0.39 is 0 Å². The third-order valence-electron chi connectivity index (χ3n) is 4.65. The number of halogens is 1. The van der Waals surface area contributed by atoms with Gasteiger partial charge in [-0.15, -0.1) is 0 Å². The third-order valence-corrected chi connectivity index (χ3v) is 4.95. The second-order valence-corrected chi connectivity index (χ2v) is 7.41. The maximum atomic E-state index is 8.94. The van der Waals surface area contributed by atoms with Crippen LogP contribution < -0.4 is 15.8 Å². The number of nitrogens with two attached hydrogens (primary N) is 1. The molecule has 30 heavy (non-hydrogen) atoms. The smallest absolute Gasteiger partial charge is 0.148 e. The first-order valence-electron chi connectivity index (χ1n) is 9.42. The van der Waals surface area contributed by atoms with Gasteiger partial charge in [-0.2, -0.15) is 10.5 Å². The molecule has 0 aliphatic carbocycles. The lowest BCUT2D eigenvalue weighted by molar-refractivity contribution is 0.475. The van der Waals surface area contributed by atoms with Gasteiger partial charge in [0.25, 0.3) is 0 Å². The molecule has 0 amide bonds. The Labute approximate surface area is 181 Å². The minimum atomic E-state index is 0.408. The van der Waals surface area contributed by atoms with Crippen LogP contribution in [-0.2, 0) is 6.42 Å². The highest BCUT2D eigenvalue weighted by molar-refractivity contribution is 6.32. The molecule has 0 aromatic heterocycles. The third kappa shape index (κ3) is 4.84. The molecule has 3 aromatic carbocycles. The van der Waals surface area contributed by atoms with Crippen molar-refractivity contribution in [2.24, 2.45) is 0 Å². The first-order valence-corrected chi connectivity index (χ1v) is 9.80. The zero-order chi connectivity index (χ0) is 21.7. The van der Waals surface area contributed by atoms with Gasteiger partial charge in [-0.1, -0.05) is 23.7 Å². The van der Waals surface area contributed by atoms with Crippen LogP contribution in [0.25, 0.3) is 0 Å². The van der Waals surface area contributed by atoms with Gasteiger partial charge in [-0.3, -0.25) is 0 Å². The second kappa shape index (κ2) is 9.22. The zero-order valence-electron chi connectivity index (χ0n) is 16.8. The molecule has 0 bridgehead atoms. The van der Waals surface area contributed by atoms with E-state index >= 15 is 0 Å². The molecule has 150 valence electrons. The molecular weight excluding hydrogens is 396 g/mol. The lowest BCUT2D eigenvalue weighted by atomic mass is 10.0. The standard InChI is InChI=1S/C24H21ClN4O/c1-15-10-18(4-3-9-26)11-16(2)24(15)30-23-13-22(21(28)12-20(23)25)29-19-7-5-17(14-27)6-8-19/h5-8,10-13,29H,3-4,28H2,1-2H3. The summed E-state index contributed by atoms with van der Waals surface area (Å²) in [4.78, 5) is 0. The number of ether oxygens (including phenoxy) is 1. The lowest BCUT2D eigenvalue weighted by Crippen LogP contribution is -1.99. The van der Waals surface area contributed by atoms with Crippen molar-refractivity contribution >= 4 is 28.7 Å². The SMILES string of the molecule is Cc1cc(CCC#N)cc(C)c1Oc1cc(Nc2ccc(C#N)cc2)c(N)cc1Cl. The number of rotatable bonds is 6. The van der Waals surface area contributed by atoms with Gasteiger partial charge in [0.1, 0.15) is 11.5 Å². The fourth-order valence-electron chi connectivity index (χ4n) is 3.19. The molecule has 3 aromatic rings. The highest BCUT2D eigenvalue weighted by Crippen LogP contribution is 2.39. The van der Waals surface area contributed by atoms with E-state index in [1.54, 1.807) is 36.4 Å². The van der Waals surface area contributed by atoms with E-state index in [4.69, 9.17) is 32.6 Å². The van der Waals surface area contributed by atoms with Crippen molar-refractivity contribution in [3.63, 3.8) is 0 Å². The predicted molar refractivity (Wildman–Crippen MR) is 120 cm³/mol. The van der Waals surface area contributed by atoms with Crippen LogP contribution in [0.5, 0.6) is 11.5 Å². The normalized spacial score (nSPS) is 10.2. The fraction of sp³-hybridized carbons (Fsp3) is 0.167. The minimum absolute atomic E-state index is 0.408. The van der Waals surface area contributed by atoms with Crippen molar-refractivity contribution in [2.45, 2.75) is 26.7 Å². The molecule has 6 heteroatoms. The van der Waals surface area contributed by atoms with E-state index in [0.29, 0.717) is 40.6 Å². The molecule has 0 atom stereocenters. The Morgan fingerprint density at radius 2 is 1.70 bits per heavy atom. The predicted octanol–water partition coefficient (Wildman–Crippen LogP) is 6.40. The number of nitriles is 2. The summed E-state index contributed by atoms with van der Waals surface area (Å²) in [6, 6.07) is 18.8. The molecule has 0 aliphatic rings. The molecule has 0 unspecified atom stereocenters. The number of benzene rings is 3. The molecule has 5 nitrogen and oxygen atoms in total. The van der Waals surface area contributed by atoms with Gasteiger partial charge in [-0.25, -0.2) is 0 Å². The van der Waals surface area contributed by atoms with Crippen molar-refractivity contribution in [2.75, 3.05) is 11.1 Å². The number of nitrogen functional groups attached to an aromatic ring is 1. The summed E-state index contributed by atoms with van der Waals surface area (Å²) in [5, 5.41) is 21.4. The Hall–Kier alpha value is -3.67. The Bertz CT molecular complexity index is 1130. The molecule has 3 N–H and O–H groups in total. The number of anilines is 3. The van der Waals surface area contributed by atoms with Gasteiger partial charge in [0, 0.05) is 18.2 Å². The maximum absolute atomic E-state index is 8.94. The topological polar surface area (TPSA) is 94.9 Å². The highest BCUT2D eigenvalue weighted by Gasteiger charge is 2.13. The van der Waals surface area contributed by atoms with E-state index in [1.807, 2.05) is 26.0 Å². The van der Waals surface area contributed by atoms with Crippen LogP contribution in [0.4, 0.5) is 17.1 Å². The Balaban J connectivity index is 1.89. The van der Waals surface area contributed by atoms with Crippen LogP contribution in [0.1, 0.15) is 28.7 Å². The molecule has 0 radical (unpaired) electrons. The Kier molecular flexibility index (Phi) is 6.47. The van der Waals surface area contributed by atoms with Crippen LogP contribution in [0.3, 0.4) is 0 Å². The quantitative estimate of drug-likeness (QED) is 0.453. The van der Waals surface area contributed by atoms with E-state index in [0.717, 1.165) is 28.1 Å². The Morgan fingerprint density at radius 3 is 2.30 bits per heavy atom. The summed E-state index contributed by atoms with van der Waals surface area (Å²) >= 11 is 6.39. The van der Waals surface area contributed by atoms with Crippen molar-refractivity contribution < 1.29 is 4.74 Å². The number of hydrogen-bond acceptors (Lipinski definition) is 5. The molecule has 0 saturated carbocycles. The van der Waals surface area contributed by atoms with Crippen LogP contribution >= 0.6 is 11.6 Å². The highest BCUT2D eigenvalue weighted by atomic mass is 35.5. The van der Waals surface area contributed by atoms with E-state index in [1.165, 1.54) is 0 Å². The molecular formula is C24H21ClN4O. The molecule has 0 aliphatic heterocycles. The van der Waals surface area contributed by atoms with Crippen LogP contribution in [0, 0.1) is 36.5 Å². The van der Waals surface area contributed by atoms with E-state index in [9.17, 15) is 0 Å². The van der Waals surface area contributed by atoms with Gasteiger partial charge in [0.05, 0.1) is 34.1 Å². The molecule has 0 spiro atoms. The van der Waals surface area contributed by atoms with Gasteiger partial charge < -0.3 is 15.8 Å². The van der Waals surface area contributed by atoms with Gasteiger partial charge in [0.2, 0.25) is 0 Å². The first kappa shape index (κ1) is 21.0. The van der Waals surface area contributed by atoms with Crippen LogP contribution in [0.15, 0.2) is 48.5 Å². The van der Waals surface area contributed by atoms with Gasteiger partial charge >= 0.3 is 0 Å². The molecule has 0 fully saturated rings. The lowest BCUT2D eigenvalue weighted by Gasteiger charge is -2.17. The van der Waals surface area contributed by atoms with Crippen LogP contribution in [0.2, 0.25) is 5.02 Å². The largest absolute Gasteiger partial charge is 0.455 e. The summed E-state index contributed by atoms with van der Waals surface area (Å²) in [6.07, 6.45) is 1.19. The number of hydrogen-bond donors (Lipinski definition) is 2. The minimum Gasteiger partial charge on any atom is -0.455 e. The maximum Gasteiger partial charge on any atom is 0.148 e. The van der Waals surface area contributed by atoms with Crippen molar-refractivity contribution in [1.29, 1.82) is 10.5 Å². The number of nitrogens with one attached hydrogen (secondary N) is 1. The van der Waals surface area contributed by atoms with Crippen molar-refractivity contribution in [1.82, 2.24) is 0 Å². The first-order chi connectivity index (χ1) is 14.4. The molecule has 0 heterocycles. The van der Waals surface area contributed by atoms with Crippen LogP contribution in [-0.4, -0.2) is 0 Å². The average Bonchev–Trinajstić information content (AvgIpc) is 2.72. The molecule has 3 rings (SSSR count). The van der Waals surface area contributed by atoms with E-state index in [2.05, 4.69) is 17.5 Å². The Morgan fingerprint density at radius 1 is 1.03 bits per heavy atom. The molecule has 0 saturated heterocycles.